The molecule has 2 aromatic heterocycles. The van der Waals surface area contributed by atoms with Gasteiger partial charge in [0.1, 0.15) is 22.9 Å². The number of Topliss-reactive ketones (excluding diaryl/α,β-unsaturated/α-hetero) is 1. The number of nitrogens with one attached hydrogen (secondary N) is 1. The summed E-state index contributed by atoms with van der Waals surface area (Å²) in [4.78, 5) is 46.0. The fourth-order valence-electron chi connectivity index (χ4n) is 4.02. The average molecular weight is 453 g/mol. The molecule has 1 aromatic carbocycles. The van der Waals surface area contributed by atoms with Gasteiger partial charge in [-0.15, -0.1) is 10.2 Å². The number of likely N-dealkylation sites (tertiary alicyclic amines) is 1. The van der Waals surface area contributed by atoms with Crippen molar-refractivity contribution in [1.29, 1.82) is 0 Å². The lowest BCUT2D eigenvalue weighted by atomic mass is 9.90. The molecule has 1 amide bonds. The minimum absolute atomic E-state index is 0.0144. The van der Waals surface area contributed by atoms with Crippen LogP contribution < -0.4 is 10.3 Å². The van der Waals surface area contributed by atoms with Gasteiger partial charge in [-0.25, -0.2) is 9.37 Å². The summed E-state index contributed by atoms with van der Waals surface area (Å²) in [7, 11) is 1.48. The third-order valence-electron chi connectivity index (χ3n) is 5.86. The van der Waals surface area contributed by atoms with Crippen molar-refractivity contribution in [2.24, 2.45) is 5.92 Å². The molecule has 172 valence electrons. The molecule has 33 heavy (non-hydrogen) atoms. The van der Waals surface area contributed by atoms with Crippen molar-refractivity contribution in [2.45, 2.75) is 32.1 Å². The van der Waals surface area contributed by atoms with Gasteiger partial charge in [0, 0.05) is 37.9 Å². The predicted molar refractivity (Wildman–Crippen MR) is 117 cm³/mol. The van der Waals surface area contributed by atoms with Gasteiger partial charge in [-0.05, 0) is 37.5 Å². The Hall–Kier alpha value is -3.69. The number of amides is 1. The predicted octanol–water partition coefficient (Wildman–Crippen LogP) is 2.31. The normalized spacial score (nSPS) is 14.4. The average Bonchev–Trinajstić information content (AvgIpc) is 2.84. The Labute approximate surface area is 189 Å². The molecule has 1 fully saturated rings. The maximum absolute atomic E-state index is 14.0. The van der Waals surface area contributed by atoms with E-state index in [0.717, 1.165) is 0 Å². The van der Waals surface area contributed by atoms with E-state index in [4.69, 9.17) is 4.74 Å². The molecular formula is C23H24FN5O4. The number of aromatic nitrogens is 4. The van der Waals surface area contributed by atoms with Crippen LogP contribution in [0.1, 0.15) is 42.0 Å². The lowest BCUT2D eigenvalue weighted by molar-refractivity contribution is -0.132. The first-order valence-electron chi connectivity index (χ1n) is 10.8. The fraction of sp³-hybridized carbons (Fsp3) is 0.391. The van der Waals surface area contributed by atoms with Crippen molar-refractivity contribution in [3.63, 3.8) is 0 Å². The summed E-state index contributed by atoms with van der Waals surface area (Å²) in [5.74, 6) is -0.127. The van der Waals surface area contributed by atoms with E-state index in [-0.39, 0.29) is 34.9 Å². The minimum atomic E-state index is -0.547. The molecule has 0 saturated carbocycles. The van der Waals surface area contributed by atoms with Crippen LogP contribution in [0.3, 0.4) is 0 Å². The van der Waals surface area contributed by atoms with E-state index in [1.807, 2.05) is 0 Å². The van der Waals surface area contributed by atoms with Crippen LogP contribution in [0.15, 0.2) is 35.1 Å². The van der Waals surface area contributed by atoms with Crippen molar-refractivity contribution in [3.05, 3.63) is 58.0 Å². The maximum atomic E-state index is 14.0. The number of benzene rings is 1. The highest BCUT2D eigenvalue weighted by molar-refractivity contribution is 5.96. The number of carbonyl (C=O) groups excluding carboxylic acids is 2. The fourth-order valence-corrected chi connectivity index (χ4v) is 4.02. The molecule has 0 bridgehead atoms. The van der Waals surface area contributed by atoms with Gasteiger partial charge in [0.15, 0.2) is 5.78 Å². The van der Waals surface area contributed by atoms with Crippen molar-refractivity contribution in [3.8, 4) is 5.88 Å². The number of methoxy groups -OCH3 is 1. The number of hydrogen-bond donors (Lipinski definition) is 1. The molecule has 0 spiro atoms. The first-order valence-corrected chi connectivity index (χ1v) is 10.8. The highest BCUT2D eigenvalue weighted by Gasteiger charge is 2.28. The highest BCUT2D eigenvalue weighted by atomic mass is 19.1. The van der Waals surface area contributed by atoms with E-state index in [1.165, 1.54) is 25.3 Å². The van der Waals surface area contributed by atoms with Crippen molar-refractivity contribution in [1.82, 2.24) is 25.1 Å². The van der Waals surface area contributed by atoms with Gasteiger partial charge >= 0.3 is 0 Å². The standard InChI is InChI=1S/C23H24FN5O4/c1-33-19-9-8-17(27-28-19)22(31)14-10-12-29(13-11-14)20(30)7-3-6-18-25-21-15(23(32)26-18)4-2-5-16(21)24/h2,4-5,8-9,14H,3,6-7,10-13H2,1H3,(H,25,26,32). The van der Waals surface area contributed by atoms with Gasteiger partial charge in [0.25, 0.3) is 5.56 Å². The van der Waals surface area contributed by atoms with Crippen LogP contribution in [-0.4, -0.2) is 57.0 Å². The molecule has 0 unspecified atom stereocenters. The number of hydrogen-bond acceptors (Lipinski definition) is 7. The summed E-state index contributed by atoms with van der Waals surface area (Å²) in [6.07, 6.45) is 2.24. The molecule has 1 aliphatic rings. The summed E-state index contributed by atoms with van der Waals surface area (Å²) in [5, 5.41) is 7.96. The van der Waals surface area contributed by atoms with E-state index < -0.39 is 11.4 Å². The Morgan fingerprint density at radius 3 is 2.67 bits per heavy atom. The summed E-state index contributed by atoms with van der Waals surface area (Å²) >= 11 is 0. The Bertz CT molecular complexity index is 1220. The number of ether oxygens (including phenoxy) is 1. The lowest BCUT2D eigenvalue weighted by Crippen LogP contribution is -2.40. The smallest absolute Gasteiger partial charge is 0.258 e. The summed E-state index contributed by atoms with van der Waals surface area (Å²) in [5.41, 5.74) is -0.0566. The molecule has 3 aromatic rings. The minimum Gasteiger partial charge on any atom is -0.480 e. The second kappa shape index (κ2) is 9.85. The van der Waals surface area contributed by atoms with Crippen LogP contribution in [0.4, 0.5) is 4.39 Å². The number of H-pyrrole nitrogens is 1. The number of para-hydroxylation sites is 1. The van der Waals surface area contributed by atoms with Gasteiger partial charge in [-0.1, -0.05) is 6.07 Å². The van der Waals surface area contributed by atoms with Crippen LogP contribution >= 0.6 is 0 Å². The number of rotatable bonds is 7. The number of fused-ring (bicyclic) bond motifs is 1. The molecule has 4 rings (SSSR count). The lowest BCUT2D eigenvalue weighted by Gasteiger charge is -2.31. The number of piperidine rings is 1. The van der Waals surface area contributed by atoms with Crippen LogP contribution in [0.25, 0.3) is 10.9 Å². The summed E-state index contributed by atoms with van der Waals surface area (Å²) in [6, 6.07) is 7.45. The number of halogens is 1. The zero-order valence-corrected chi connectivity index (χ0v) is 18.2. The quantitative estimate of drug-likeness (QED) is 0.545. The number of carbonyl (C=O) groups is 2. The van der Waals surface area contributed by atoms with Crippen LogP contribution in [-0.2, 0) is 11.2 Å². The Balaban J connectivity index is 1.27. The van der Waals surface area contributed by atoms with Crippen molar-refractivity contribution >= 4 is 22.6 Å². The van der Waals surface area contributed by atoms with Gasteiger partial charge in [-0.2, -0.15) is 0 Å². The molecule has 1 N–H and O–H groups in total. The maximum Gasteiger partial charge on any atom is 0.258 e. The first kappa shape index (κ1) is 22.5. The van der Waals surface area contributed by atoms with Crippen LogP contribution in [0.5, 0.6) is 5.88 Å². The van der Waals surface area contributed by atoms with E-state index in [2.05, 4.69) is 20.2 Å². The largest absolute Gasteiger partial charge is 0.480 e. The van der Waals surface area contributed by atoms with Crippen LogP contribution in [0, 0.1) is 11.7 Å². The Morgan fingerprint density at radius 2 is 1.97 bits per heavy atom. The molecule has 1 saturated heterocycles. The van der Waals surface area contributed by atoms with Gasteiger partial charge in [0.05, 0.1) is 12.5 Å². The molecule has 1 aliphatic heterocycles. The SMILES string of the molecule is COc1ccc(C(=O)C2CCN(C(=O)CCCc3nc4c(F)cccc4c(=O)[nH]3)CC2)nn1. The van der Waals surface area contributed by atoms with E-state index >= 15 is 0 Å². The number of nitrogens with zero attached hydrogens (tertiary/aromatic N) is 4. The number of aryl methyl sites for hydroxylation is 1. The second-order valence-electron chi connectivity index (χ2n) is 7.98. The van der Waals surface area contributed by atoms with E-state index in [1.54, 1.807) is 17.0 Å². The van der Waals surface area contributed by atoms with Crippen molar-refractivity contribution < 1.29 is 18.7 Å². The zero-order chi connectivity index (χ0) is 23.4. The number of aromatic amines is 1. The topological polar surface area (TPSA) is 118 Å². The van der Waals surface area contributed by atoms with Crippen molar-refractivity contribution in [2.75, 3.05) is 20.2 Å². The summed E-state index contributed by atoms with van der Waals surface area (Å²) < 4.78 is 18.9. The Kier molecular flexibility index (Phi) is 6.71. The monoisotopic (exact) mass is 453 g/mol. The van der Waals surface area contributed by atoms with Gasteiger partial charge < -0.3 is 14.6 Å². The highest BCUT2D eigenvalue weighted by Crippen LogP contribution is 2.22. The van der Waals surface area contributed by atoms with E-state index in [0.29, 0.717) is 56.2 Å². The molecular weight excluding hydrogens is 429 g/mol. The molecule has 0 radical (unpaired) electrons. The second-order valence-corrected chi connectivity index (χ2v) is 7.98. The molecule has 10 heteroatoms. The molecule has 3 heterocycles. The van der Waals surface area contributed by atoms with Gasteiger partial charge in [0.2, 0.25) is 11.8 Å². The summed E-state index contributed by atoms with van der Waals surface area (Å²) in [6.45, 7) is 0.990. The number of ketones is 1. The third kappa shape index (κ3) is 5.05. The van der Waals surface area contributed by atoms with Gasteiger partial charge in [-0.3, -0.25) is 14.4 Å². The molecule has 0 aliphatic carbocycles. The van der Waals surface area contributed by atoms with Crippen LogP contribution in [0.2, 0.25) is 0 Å². The Morgan fingerprint density at radius 1 is 1.18 bits per heavy atom. The zero-order valence-electron chi connectivity index (χ0n) is 18.2. The first-order chi connectivity index (χ1) is 16.0. The third-order valence-corrected chi connectivity index (χ3v) is 5.86. The van der Waals surface area contributed by atoms with E-state index in [9.17, 15) is 18.8 Å². The molecule has 0 atom stereocenters. The molecule has 9 nitrogen and oxygen atoms in total.